The van der Waals surface area contributed by atoms with Crippen LogP contribution in [0.5, 0.6) is 11.5 Å². The van der Waals surface area contributed by atoms with E-state index in [4.69, 9.17) is 25.9 Å². The Morgan fingerprint density at radius 1 is 1.17 bits per heavy atom. The molecule has 0 atom stereocenters. The number of rotatable bonds is 10. The zero-order chi connectivity index (χ0) is 17.9. The van der Waals surface area contributed by atoms with Gasteiger partial charge in [-0.1, -0.05) is 16.8 Å². The highest BCUT2D eigenvalue weighted by Gasteiger charge is 2.10. The predicted octanol–water partition coefficient (Wildman–Crippen LogP) is 6.68. The largest absolute Gasteiger partial charge is 0.491 e. The van der Waals surface area contributed by atoms with Gasteiger partial charge in [-0.15, -0.1) is 0 Å². The molecule has 0 radical (unpaired) electrons. The van der Waals surface area contributed by atoms with Crippen molar-refractivity contribution in [2.45, 2.75) is 26.7 Å². The van der Waals surface area contributed by atoms with E-state index >= 15 is 0 Å². The monoisotopic (exact) mass is 545 g/mol. The van der Waals surface area contributed by atoms with Crippen molar-refractivity contribution in [3.63, 3.8) is 0 Å². The van der Waals surface area contributed by atoms with Crippen LogP contribution in [0.15, 0.2) is 31.2 Å². The highest BCUT2D eigenvalue weighted by molar-refractivity contribution is 9.28. The van der Waals surface area contributed by atoms with Gasteiger partial charge in [0.1, 0.15) is 19.0 Å². The van der Waals surface area contributed by atoms with E-state index in [0.29, 0.717) is 36.3 Å². The van der Waals surface area contributed by atoms with Crippen molar-refractivity contribution in [3.8, 4) is 11.5 Å². The number of oxime groups is 1. The first-order valence-corrected chi connectivity index (χ1v) is 10.0. The fraction of sp³-hybridized carbons (Fsp3) is 0.438. The second-order valence-electron chi connectivity index (χ2n) is 4.95. The summed E-state index contributed by atoms with van der Waals surface area (Å²) in [7, 11) is 0. The van der Waals surface area contributed by atoms with Crippen molar-refractivity contribution in [2.75, 3.05) is 19.8 Å². The molecule has 0 saturated carbocycles. The first-order chi connectivity index (χ1) is 11.4. The van der Waals surface area contributed by atoms with Crippen LogP contribution in [0.3, 0.4) is 0 Å². The maximum Gasteiger partial charge on any atom is 0.152 e. The molecule has 1 aromatic rings. The normalized spacial score (nSPS) is 10.1. The minimum Gasteiger partial charge on any atom is -0.491 e. The molecule has 0 N–H and O–H groups in total. The molecule has 0 aliphatic rings. The molecule has 1 aromatic carbocycles. The standard InChI is InChI=1S/C16H19Br3ClNO3/c1-11(2)21-24-7-4-3-6-23-16-13(17)9-12(10-14(16)20)22-8-5-15(18)19/h5,9-10H,3-4,6-8H2,1-2H3. The van der Waals surface area contributed by atoms with Crippen LogP contribution in [0.1, 0.15) is 26.7 Å². The third-order valence-electron chi connectivity index (χ3n) is 2.58. The van der Waals surface area contributed by atoms with Gasteiger partial charge in [0.2, 0.25) is 0 Å². The quantitative estimate of drug-likeness (QED) is 0.186. The van der Waals surface area contributed by atoms with Crippen LogP contribution in [0.4, 0.5) is 0 Å². The fourth-order valence-corrected chi connectivity index (χ4v) is 2.77. The number of unbranched alkanes of at least 4 members (excludes halogenated alkanes) is 1. The molecule has 0 aliphatic heterocycles. The third kappa shape index (κ3) is 9.30. The van der Waals surface area contributed by atoms with Crippen LogP contribution >= 0.6 is 59.4 Å². The molecule has 0 fully saturated rings. The molecular formula is C16H19Br3ClNO3. The number of benzene rings is 1. The van der Waals surface area contributed by atoms with E-state index in [1.54, 1.807) is 6.07 Å². The first-order valence-electron chi connectivity index (χ1n) is 7.29. The Bertz CT molecular complexity index is 563. The zero-order valence-electron chi connectivity index (χ0n) is 13.5. The topological polar surface area (TPSA) is 40.0 Å². The minimum atomic E-state index is 0.425. The Morgan fingerprint density at radius 2 is 1.88 bits per heavy atom. The summed E-state index contributed by atoms with van der Waals surface area (Å²) >= 11 is 16.3. The fourth-order valence-electron chi connectivity index (χ4n) is 1.58. The molecule has 1 rings (SSSR count). The molecule has 0 amide bonds. The molecule has 134 valence electrons. The van der Waals surface area contributed by atoms with Crippen LogP contribution in [-0.2, 0) is 4.84 Å². The molecule has 4 nitrogen and oxygen atoms in total. The molecule has 0 aromatic heterocycles. The summed E-state index contributed by atoms with van der Waals surface area (Å²) < 4.78 is 12.9. The molecule has 24 heavy (non-hydrogen) atoms. The van der Waals surface area contributed by atoms with Gasteiger partial charge in [0.15, 0.2) is 5.75 Å². The minimum absolute atomic E-state index is 0.425. The van der Waals surface area contributed by atoms with Crippen molar-refractivity contribution in [1.29, 1.82) is 0 Å². The van der Waals surface area contributed by atoms with Crippen LogP contribution in [0.25, 0.3) is 0 Å². The average Bonchev–Trinajstić information content (AvgIpc) is 2.47. The number of halogens is 4. The van der Waals surface area contributed by atoms with Gasteiger partial charge >= 0.3 is 0 Å². The van der Waals surface area contributed by atoms with E-state index in [2.05, 4.69) is 52.9 Å². The summed E-state index contributed by atoms with van der Waals surface area (Å²) in [4.78, 5) is 5.13. The highest BCUT2D eigenvalue weighted by Crippen LogP contribution is 2.37. The van der Waals surface area contributed by atoms with Crippen molar-refractivity contribution < 1.29 is 14.3 Å². The number of hydrogen-bond acceptors (Lipinski definition) is 4. The van der Waals surface area contributed by atoms with E-state index in [1.165, 1.54) is 0 Å². The van der Waals surface area contributed by atoms with Crippen molar-refractivity contribution >= 4 is 65.1 Å². The summed E-state index contributed by atoms with van der Waals surface area (Å²) in [6.45, 7) is 5.34. The van der Waals surface area contributed by atoms with E-state index in [0.717, 1.165) is 26.4 Å². The molecular weight excluding hydrogens is 529 g/mol. The lowest BCUT2D eigenvalue weighted by molar-refractivity contribution is 0.135. The Balaban J connectivity index is 2.43. The lowest BCUT2D eigenvalue weighted by Gasteiger charge is -2.12. The average molecular weight is 548 g/mol. The van der Waals surface area contributed by atoms with Gasteiger partial charge in [-0.25, -0.2) is 0 Å². The lowest BCUT2D eigenvalue weighted by atomic mass is 10.3. The van der Waals surface area contributed by atoms with Crippen LogP contribution in [0, 0.1) is 0 Å². The maximum absolute atomic E-state index is 6.26. The Hall–Kier alpha value is -0.240. The summed E-state index contributed by atoms with van der Waals surface area (Å²) in [6.07, 6.45) is 3.56. The number of hydrogen-bond donors (Lipinski definition) is 0. The SMILES string of the molecule is CC(C)=NOCCCCOc1c(Cl)cc(OCC=C(Br)Br)cc1Br. The summed E-state index contributed by atoms with van der Waals surface area (Å²) in [5, 5.41) is 4.38. The van der Waals surface area contributed by atoms with Crippen molar-refractivity contribution in [3.05, 3.63) is 31.1 Å². The smallest absolute Gasteiger partial charge is 0.152 e. The Labute approximate surface area is 172 Å². The van der Waals surface area contributed by atoms with E-state index in [-0.39, 0.29) is 0 Å². The van der Waals surface area contributed by atoms with E-state index in [9.17, 15) is 0 Å². The highest BCUT2D eigenvalue weighted by atomic mass is 79.9. The summed E-state index contributed by atoms with van der Waals surface area (Å²) in [6, 6.07) is 3.57. The molecule has 0 saturated heterocycles. The molecule has 0 bridgehead atoms. The third-order valence-corrected chi connectivity index (χ3v) is 4.10. The Morgan fingerprint density at radius 3 is 2.50 bits per heavy atom. The van der Waals surface area contributed by atoms with E-state index in [1.807, 2.05) is 26.0 Å². The van der Waals surface area contributed by atoms with Gasteiger partial charge in [-0.3, -0.25) is 0 Å². The molecule has 0 unspecified atom stereocenters. The van der Waals surface area contributed by atoms with Crippen molar-refractivity contribution in [2.24, 2.45) is 5.16 Å². The van der Waals surface area contributed by atoms with Gasteiger partial charge in [0.25, 0.3) is 0 Å². The van der Waals surface area contributed by atoms with Crippen molar-refractivity contribution in [1.82, 2.24) is 0 Å². The number of nitrogens with zero attached hydrogens (tertiary/aromatic N) is 1. The number of ether oxygens (including phenoxy) is 2. The van der Waals surface area contributed by atoms with Crippen LogP contribution < -0.4 is 9.47 Å². The van der Waals surface area contributed by atoms with Gasteiger partial charge < -0.3 is 14.3 Å². The van der Waals surface area contributed by atoms with Gasteiger partial charge in [-0.05, 0) is 86.6 Å². The molecule has 0 heterocycles. The van der Waals surface area contributed by atoms with E-state index < -0.39 is 0 Å². The molecule has 0 aliphatic carbocycles. The second kappa shape index (κ2) is 12.2. The zero-order valence-corrected chi connectivity index (χ0v) is 19.0. The maximum atomic E-state index is 6.26. The van der Waals surface area contributed by atoms with Gasteiger partial charge in [-0.2, -0.15) is 0 Å². The summed E-state index contributed by atoms with van der Waals surface area (Å²) in [5.41, 5.74) is 0.906. The van der Waals surface area contributed by atoms with Gasteiger partial charge in [0, 0.05) is 6.07 Å². The Kier molecular flexibility index (Phi) is 11.1. The second-order valence-corrected chi connectivity index (χ2v) is 8.98. The van der Waals surface area contributed by atoms with Crippen LogP contribution in [0.2, 0.25) is 5.02 Å². The lowest BCUT2D eigenvalue weighted by Crippen LogP contribution is -2.01. The van der Waals surface area contributed by atoms with Gasteiger partial charge in [0.05, 0.1) is 25.2 Å². The predicted molar refractivity (Wildman–Crippen MR) is 110 cm³/mol. The summed E-state index contributed by atoms with van der Waals surface area (Å²) in [5.74, 6) is 1.28. The molecule has 8 heteroatoms. The van der Waals surface area contributed by atoms with Crippen LogP contribution in [-0.4, -0.2) is 25.5 Å². The molecule has 0 spiro atoms. The first kappa shape index (κ1) is 21.8.